The van der Waals surface area contributed by atoms with Gasteiger partial charge in [-0.25, -0.2) is 4.79 Å². The van der Waals surface area contributed by atoms with Crippen molar-refractivity contribution in [2.45, 2.75) is 13.1 Å². The number of amides is 1. The number of alkyl halides is 3. The van der Waals surface area contributed by atoms with E-state index in [1.807, 2.05) is 0 Å². The van der Waals surface area contributed by atoms with Crippen LogP contribution in [0.25, 0.3) is 0 Å². The third-order valence-corrected chi connectivity index (χ3v) is 3.06. The number of hydrogen-bond acceptors (Lipinski definition) is 3. The van der Waals surface area contributed by atoms with E-state index in [9.17, 15) is 22.8 Å². The second-order valence-corrected chi connectivity index (χ2v) is 4.71. The Balaban J connectivity index is 2.49. The van der Waals surface area contributed by atoms with Gasteiger partial charge in [-0.2, -0.15) is 13.2 Å². The Labute approximate surface area is 128 Å². The lowest BCUT2D eigenvalue weighted by molar-refractivity contribution is -0.137. The van der Waals surface area contributed by atoms with Crippen molar-refractivity contribution in [2.75, 3.05) is 5.32 Å². The number of aromatic carboxylic acids is 1. The number of halogens is 3. The van der Waals surface area contributed by atoms with Crippen molar-refractivity contribution in [1.82, 2.24) is 4.98 Å². The molecule has 0 saturated carbocycles. The largest absolute Gasteiger partial charge is 0.478 e. The average molecular weight is 324 g/mol. The Morgan fingerprint density at radius 2 is 1.78 bits per heavy atom. The number of benzene rings is 1. The van der Waals surface area contributed by atoms with E-state index < -0.39 is 29.2 Å². The number of carbonyl (C=O) groups is 2. The average Bonchev–Trinajstić information content (AvgIpc) is 2.46. The lowest BCUT2D eigenvalue weighted by Gasteiger charge is -2.14. The highest BCUT2D eigenvalue weighted by Crippen LogP contribution is 2.32. The van der Waals surface area contributed by atoms with Crippen molar-refractivity contribution >= 4 is 17.6 Å². The van der Waals surface area contributed by atoms with Crippen LogP contribution in [0.4, 0.5) is 18.9 Å². The molecule has 5 nitrogen and oxygen atoms in total. The Morgan fingerprint density at radius 1 is 1.17 bits per heavy atom. The molecule has 0 atom stereocenters. The second kappa shape index (κ2) is 6.07. The Hall–Kier alpha value is -2.90. The lowest BCUT2D eigenvalue weighted by atomic mass is 9.97. The van der Waals surface area contributed by atoms with E-state index in [4.69, 9.17) is 5.11 Å². The summed E-state index contributed by atoms with van der Waals surface area (Å²) in [4.78, 5) is 27.3. The Kier molecular flexibility index (Phi) is 4.35. The molecule has 120 valence electrons. The standard InChI is InChI=1S/C15H11F3N2O3/c1-8-6-9(15(16,17)18)7-11(14(22)23)12(8)13(21)20-10-2-4-19-5-3-10/h2-7H,1H3,(H,22,23)(H,19,20,21). The molecule has 0 aliphatic heterocycles. The zero-order valence-corrected chi connectivity index (χ0v) is 11.8. The summed E-state index contributed by atoms with van der Waals surface area (Å²) >= 11 is 0. The molecular formula is C15H11F3N2O3. The van der Waals surface area contributed by atoms with Gasteiger partial charge >= 0.3 is 12.1 Å². The molecule has 1 aromatic carbocycles. The number of anilines is 1. The fourth-order valence-electron chi connectivity index (χ4n) is 2.05. The summed E-state index contributed by atoms with van der Waals surface area (Å²) in [5, 5.41) is 11.6. The van der Waals surface area contributed by atoms with Crippen LogP contribution in [0.15, 0.2) is 36.7 Å². The van der Waals surface area contributed by atoms with Crippen molar-refractivity contribution in [1.29, 1.82) is 0 Å². The molecule has 0 aliphatic rings. The lowest BCUT2D eigenvalue weighted by Crippen LogP contribution is -2.20. The second-order valence-electron chi connectivity index (χ2n) is 4.71. The van der Waals surface area contributed by atoms with Crippen LogP contribution in [0.3, 0.4) is 0 Å². The SMILES string of the molecule is Cc1cc(C(F)(F)F)cc(C(=O)O)c1C(=O)Nc1ccncc1. The van der Waals surface area contributed by atoms with Gasteiger partial charge in [0.2, 0.25) is 0 Å². The molecular weight excluding hydrogens is 313 g/mol. The zero-order chi connectivity index (χ0) is 17.2. The van der Waals surface area contributed by atoms with Crippen LogP contribution in [0.1, 0.15) is 31.8 Å². The number of nitrogens with one attached hydrogen (secondary N) is 1. The molecule has 0 aliphatic carbocycles. The first-order valence-corrected chi connectivity index (χ1v) is 6.36. The molecule has 1 amide bonds. The van der Waals surface area contributed by atoms with Gasteiger partial charge in [0, 0.05) is 18.1 Å². The summed E-state index contributed by atoms with van der Waals surface area (Å²) < 4.78 is 38.4. The minimum atomic E-state index is -4.70. The first-order valence-electron chi connectivity index (χ1n) is 6.36. The predicted molar refractivity (Wildman–Crippen MR) is 75.3 cm³/mol. The molecule has 0 radical (unpaired) electrons. The first-order chi connectivity index (χ1) is 10.7. The quantitative estimate of drug-likeness (QED) is 0.907. The maximum absolute atomic E-state index is 12.8. The number of hydrogen-bond donors (Lipinski definition) is 2. The molecule has 0 unspecified atom stereocenters. The summed E-state index contributed by atoms with van der Waals surface area (Å²) in [7, 11) is 0. The number of carboxylic acids is 1. The van der Waals surface area contributed by atoms with E-state index in [-0.39, 0.29) is 11.1 Å². The predicted octanol–water partition coefficient (Wildman–Crippen LogP) is 3.36. The highest BCUT2D eigenvalue weighted by atomic mass is 19.4. The normalized spacial score (nSPS) is 11.1. The summed E-state index contributed by atoms with van der Waals surface area (Å²) in [5.74, 6) is -2.42. The van der Waals surface area contributed by atoms with Crippen LogP contribution in [0.5, 0.6) is 0 Å². The minimum absolute atomic E-state index is 0.0798. The smallest absolute Gasteiger partial charge is 0.416 e. The van der Waals surface area contributed by atoms with Gasteiger partial charge in [0.25, 0.3) is 5.91 Å². The van der Waals surface area contributed by atoms with Gasteiger partial charge < -0.3 is 10.4 Å². The maximum Gasteiger partial charge on any atom is 0.416 e. The Bertz CT molecular complexity index is 759. The van der Waals surface area contributed by atoms with Gasteiger partial charge in [0.1, 0.15) is 0 Å². The van der Waals surface area contributed by atoms with Gasteiger partial charge in [-0.3, -0.25) is 9.78 Å². The van der Waals surface area contributed by atoms with Crippen molar-refractivity contribution in [2.24, 2.45) is 0 Å². The number of carbonyl (C=O) groups excluding carboxylic acids is 1. The van der Waals surface area contributed by atoms with Crippen molar-refractivity contribution in [3.05, 3.63) is 58.9 Å². The third kappa shape index (κ3) is 3.65. The molecule has 0 fully saturated rings. The maximum atomic E-state index is 12.8. The molecule has 2 rings (SSSR count). The molecule has 1 aromatic heterocycles. The van der Waals surface area contributed by atoms with E-state index in [1.54, 1.807) is 0 Å². The summed E-state index contributed by atoms with van der Waals surface area (Å²) in [5.41, 5.74) is -1.87. The highest BCUT2D eigenvalue weighted by molar-refractivity contribution is 6.11. The van der Waals surface area contributed by atoms with Crippen molar-refractivity contribution in [3.63, 3.8) is 0 Å². The molecule has 23 heavy (non-hydrogen) atoms. The number of rotatable bonds is 3. The van der Waals surface area contributed by atoms with Crippen LogP contribution in [0, 0.1) is 6.92 Å². The van der Waals surface area contributed by atoms with Gasteiger partial charge in [-0.15, -0.1) is 0 Å². The third-order valence-electron chi connectivity index (χ3n) is 3.06. The van der Waals surface area contributed by atoms with E-state index in [1.165, 1.54) is 31.5 Å². The van der Waals surface area contributed by atoms with Crippen LogP contribution in [-0.2, 0) is 6.18 Å². The molecule has 0 bridgehead atoms. The number of pyridine rings is 1. The number of nitrogens with zero attached hydrogens (tertiary/aromatic N) is 1. The first kappa shape index (κ1) is 16.5. The summed E-state index contributed by atoms with van der Waals surface area (Å²) in [6, 6.07) is 4.14. The van der Waals surface area contributed by atoms with E-state index in [0.717, 1.165) is 6.07 Å². The van der Waals surface area contributed by atoms with Gasteiger partial charge in [-0.05, 0) is 36.8 Å². The van der Waals surface area contributed by atoms with E-state index in [2.05, 4.69) is 10.3 Å². The minimum Gasteiger partial charge on any atom is -0.478 e. The van der Waals surface area contributed by atoms with Gasteiger partial charge in [0.05, 0.1) is 16.7 Å². The van der Waals surface area contributed by atoms with Crippen LogP contribution >= 0.6 is 0 Å². The van der Waals surface area contributed by atoms with E-state index in [0.29, 0.717) is 11.8 Å². The fraction of sp³-hybridized carbons (Fsp3) is 0.133. The summed E-state index contributed by atoms with van der Waals surface area (Å²) in [6.45, 7) is 1.25. The summed E-state index contributed by atoms with van der Waals surface area (Å²) in [6.07, 6.45) is -1.88. The van der Waals surface area contributed by atoms with Crippen molar-refractivity contribution < 1.29 is 27.9 Å². The Morgan fingerprint density at radius 3 is 2.30 bits per heavy atom. The van der Waals surface area contributed by atoms with Crippen LogP contribution in [-0.4, -0.2) is 22.0 Å². The number of aromatic nitrogens is 1. The number of aryl methyl sites for hydroxylation is 1. The van der Waals surface area contributed by atoms with Crippen LogP contribution < -0.4 is 5.32 Å². The highest BCUT2D eigenvalue weighted by Gasteiger charge is 2.33. The molecule has 8 heteroatoms. The zero-order valence-electron chi connectivity index (χ0n) is 11.8. The fourth-order valence-corrected chi connectivity index (χ4v) is 2.05. The van der Waals surface area contributed by atoms with Crippen molar-refractivity contribution in [3.8, 4) is 0 Å². The molecule has 2 N–H and O–H groups in total. The molecule has 1 heterocycles. The van der Waals surface area contributed by atoms with E-state index >= 15 is 0 Å². The van der Waals surface area contributed by atoms with Gasteiger partial charge in [-0.1, -0.05) is 0 Å². The van der Waals surface area contributed by atoms with Crippen LogP contribution in [0.2, 0.25) is 0 Å². The monoisotopic (exact) mass is 324 g/mol. The van der Waals surface area contributed by atoms with Gasteiger partial charge in [0.15, 0.2) is 0 Å². The molecule has 0 spiro atoms. The number of carboxylic acid groups (broad SMARTS) is 1. The molecule has 2 aromatic rings. The molecule has 0 saturated heterocycles. The topological polar surface area (TPSA) is 79.3 Å².